The van der Waals surface area contributed by atoms with Gasteiger partial charge in [0.1, 0.15) is 23.1 Å². The van der Waals surface area contributed by atoms with Crippen molar-refractivity contribution in [3.8, 4) is 6.07 Å². The zero-order chi connectivity index (χ0) is 23.3. The van der Waals surface area contributed by atoms with E-state index >= 15 is 0 Å². The Bertz CT molecular complexity index is 1440. The largest absolute Gasteiger partial charge is 0.443 e. The molecule has 0 spiro atoms. The van der Waals surface area contributed by atoms with Crippen LogP contribution in [0.15, 0.2) is 29.5 Å². The summed E-state index contributed by atoms with van der Waals surface area (Å²) in [4.78, 5) is 32.6. The maximum atomic E-state index is 13.0. The Labute approximate surface area is 188 Å². The molecule has 0 radical (unpaired) electrons. The molecular weight excluding hydrogens is 457 g/mol. The average molecular weight is 472 g/mol. The van der Waals surface area contributed by atoms with Crippen LogP contribution in [0.4, 0.5) is 13.2 Å². The number of aromatic nitrogens is 7. The molecule has 3 atom stereocenters. The van der Waals surface area contributed by atoms with E-state index < -0.39 is 22.8 Å². The summed E-state index contributed by atoms with van der Waals surface area (Å²) >= 11 is 0.486. The highest BCUT2D eigenvalue weighted by molar-refractivity contribution is 7.11. The lowest BCUT2D eigenvalue weighted by Gasteiger charge is -2.34. The van der Waals surface area contributed by atoms with Crippen LogP contribution in [0.1, 0.15) is 64.9 Å². The number of hydrogen-bond acceptors (Lipinski definition) is 8. The predicted octanol–water partition coefficient (Wildman–Crippen LogP) is 3.53. The number of rotatable bonds is 4. The molecule has 5 rings (SSSR count). The van der Waals surface area contributed by atoms with Crippen molar-refractivity contribution in [2.24, 2.45) is 0 Å². The molecule has 168 valence electrons. The van der Waals surface area contributed by atoms with Gasteiger partial charge in [-0.15, -0.1) is 11.3 Å². The van der Waals surface area contributed by atoms with Crippen LogP contribution in [0.25, 0.3) is 11.0 Å². The van der Waals surface area contributed by atoms with E-state index in [-0.39, 0.29) is 33.4 Å². The zero-order valence-electron chi connectivity index (χ0n) is 17.0. The van der Waals surface area contributed by atoms with Crippen LogP contribution < -0.4 is 5.56 Å². The molecule has 1 saturated carbocycles. The highest BCUT2D eigenvalue weighted by Crippen LogP contribution is 2.46. The first-order valence-corrected chi connectivity index (χ1v) is 10.8. The van der Waals surface area contributed by atoms with Gasteiger partial charge in [-0.05, 0) is 25.8 Å². The van der Waals surface area contributed by atoms with Gasteiger partial charge < -0.3 is 4.98 Å². The molecule has 1 N–H and O–H groups in total. The van der Waals surface area contributed by atoms with Gasteiger partial charge in [0.2, 0.25) is 0 Å². The molecule has 0 saturated heterocycles. The van der Waals surface area contributed by atoms with Gasteiger partial charge in [0.15, 0.2) is 16.3 Å². The van der Waals surface area contributed by atoms with Crippen LogP contribution in [0, 0.1) is 11.3 Å². The third-order valence-corrected chi connectivity index (χ3v) is 6.99. The van der Waals surface area contributed by atoms with Gasteiger partial charge in [-0.1, -0.05) is 0 Å². The molecule has 13 heteroatoms. The molecule has 0 aliphatic heterocycles. The van der Waals surface area contributed by atoms with Gasteiger partial charge in [0.25, 0.3) is 5.56 Å². The molecule has 4 heterocycles. The number of halogens is 3. The van der Waals surface area contributed by atoms with Crippen molar-refractivity contribution in [1.82, 2.24) is 34.7 Å². The van der Waals surface area contributed by atoms with E-state index in [1.807, 2.05) is 6.07 Å². The zero-order valence-corrected chi connectivity index (χ0v) is 17.9. The van der Waals surface area contributed by atoms with Crippen molar-refractivity contribution < 1.29 is 13.2 Å². The van der Waals surface area contributed by atoms with Crippen LogP contribution in [0.5, 0.6) is 0 Å². The highest BCUT2D eigenvalue weighted by atomic mass is 32.1. The smallest absolute Gasteiger partial charge is 0.310 e. The Morgan fingerprint density at radius 1 is 1.24 bits per heavy atom. The topological polar surface area (TPSA) is 126 Å². The number of aromatic amines is 1. The summed E-state index contributed by atoms with van der Waals surface area (Å²) in [6.45, 7) is 1.62. The van der Waals surface area contributed by atoms with Gasteiger partial charge in [0, 0.05) is 35.3 Å². The maximum absolute atomic E-state index is 13.0. The number of nitriles is 1. The summed E-state index contributed by atoms with van der Waals surface area (Å²) in [5, 5.41) is 12.7. The molecule has 1 aliphatic carbocycles. The van der Waals surface area contributed by atoms with Crippen molar-refractivity contribution in [2.45, 2.75) is 43.8 Å². The number of H-pyrrole nitrogens is 1. The fourth-order valence-electron chi connectivity index (χ4n) is 3.96. The Morgan fingerprint density at radius 3 is 2.58 bits per heavy atom. The minimum absolute atomic E-state index is 0.000458. The summed E-state index contributed by atoms with van der Waals surface area (Å²) in [7, 11) is 0. The van der Waals surface area contributed by atoms with Gasteiger partial charge in [-0.2, -0.15) is 23.5 Å². The normalized spacial score (nSPS) is 19.2. The molecule has 0 amide bonds. The number of fused-ring (bicyclic) bond motifs is 1. The lowest BCUT2D eigenvalue weighted by molar-refractivity contribution is -0.137. The SMILES string of the molecule is C[C@@H](c1cnc(C(F)(F)F)s1)n1nc(C#N)c2c(=O)[nH]c([C@H]3CC[C@@H]3c3ncccn3)nc21. The van der Waals surface area contributed by atoms with Crippen molar-refractivity contribution in [2.75, 3.05) is 0 Å². The van der Waals surface area contributed by atoms with Gasteiger partial charge in [0.05, 0.1) is 6.04 Å². The van der Waals surface area contributed by atoms with Crippen molar-refractivity contribution >= 4 is 22.4 Å². The monoisotopic (exact) mass is 472 g/mol. The van der Waals surface area contributed by atoms with Crippen LogP contribution in [0.2, 0.25) is 0 Å². The molecule has 1 aliphatic rings. The van der Waals surface area contributed by atoms with E-state index in [0.29, 0.717) is 23.0 Å². The third kappa shape index (κ3) is 3.56. The van der Waals surface area contributed by atoms with Crippen molar-refractivity contribution in [3.63, 3.8) is 0 Å². The number of alkyl halides is 3. The fourth-order valence-corrected chi connectivity index (χ4v) is 4.78. The number of nitrogens with zero attached hydrogens (tertiary/aromatic N) is 7. The molecule has 9 nitrogen and oxygen atoms in total. The lowest BCUT2D eigenvalue weighted by Crippen LogP contribution is -2.28. The Kier molecular flexibility index (Phi) is 4.97. The van der Waals surface area contributed by atoms with E-state index in [0.717, 1.165) is 19.0 Å². The molecule has 0 aromatic carbocycles. The van der Waals surface area contributed by atoms with E-state index in [9.17, 15) is 23.2 Å². The van der Waals surface area contributed by atoms with Gasteiger partial charge in [-0.25, -0.2) is 24.6 Å². The van der Waals surface area contributed by atoms with Crippen LogP contribution >= 0.6 is 11.3 Å². The van der Waals surface area contributed by atoms with Crippen LogP contribution in [-0.4, -0.2) is 34.7 Å². The Morgan fingerprint density at radius 2 is 1.97 bits per heavy atom. The minimum Gasteiger partial charge on any atom is -0.310 e. The standard InChI is InChI=1S/C20H15F3N8OS/c1-9(13-8-27-19(33-13)20(21,22)23)31-17-14(12(7-24)30-31)18(32)29-16(28-17)11-4-3-10(11)15-25-5-2-6-26-15/h2,5-6,8-11H,3-4H2,1H3,(H,28,29,32)/t9-,10-,11-/m0/s1. The van der Waals surface area contributed by atoms with E-state index in [1.54, 1.807) is 25.4 Å². The summed E-state index contributed by atoms with van der Waals surface area (Å²) in [5.41, 5.74) is -0.529. The average Bonchev–Trinajstić information content (AvgIpc) is 3.39. The first kappa shape index (κ1) is 21.2. The summed E-state index contributed by atoms with van der Waals surface area (Å²) in [6.07, 6.45) is 1.45. The second-order valence-electron chi connectivity index (χ2n) is 7.69. The number of thiazole rings is 1. The number of nitrogens with one attached hydrogen (secondary N) is 1. The molecule has 4 aromatic heterocycles. The lowest BCUT2D eigenvalue weighted by atomic mass is 9.72. The van der Waals surface area contributed by atoms with Gasteiger partial charge >= 0.3 is 6.18 Å². The summed E-state index contributed by atoms with van der Waals surface area (Å²) in [5.74, 6) is 0.913. The molecule has 4 aromatic rings. The molecule has 33 heavy (non-hydrogen) atoms. The van der Waals surface area contributed by atoms with E-state index in [1.165, 1.54) is 4.68 Å². The second-order valence-corrected chi connectivity index (χ2v) is 8.76. The molecule has 0 unspecified atom stereocenters. The summed E-state index contributed by atoms with van der Waals surface area (Å²) in [6, 6.07) is 2.87. The predicted molar refractivity (Wildman–Crippen MR) is 111 cm³/mol. The highest BCUT2D eigenvalue weighted by Gasteiger charge is 2.38. The van der Waals surface area contributed by atoms with E-state index in [2.05, 4.69) is 30.0 Å². The molecule has 0 bridgehead atoms. The van der Waals surface area contributed by atoms with Crippen LogP contribution in [-0.2, 0) is 6.18 Å². The number of hydrogen-bond donors (Lipinski definition) is 1. The maximum Gasteiger partial charge on any atom is 0.443 e. The Hall–Kier alpha value is -3.66. The molecule has 1 fully saturated rings. The summed E-state index contributed by atoms with van der Waals surface area (Å²) < 4.78 is 40.3. The second kappa shape index (κ2) is 7.73. The fraction of sp³-hybridized carbons (Fsp3) is 0.350. The van der Waals surface area contributed by atoms with Crippen LogP contribution in [0.3, 0.4) is 0 Å². The molecular formula is C20H15F3N8OS. The first-order valence-electron chi connectivity index (χ1n) is 10.00. The van der Waals surface area contributed by atoms with E-state index in [4.69, 9.17) is 0 Å². The van der Waals surface area contributed by atoms with Crippen molar-refractivity contribution in [1.29, 1.82) is 5.26 Å². The van der Waals surface area contributed by atoms with Gasteiger partial charge in [-0.3, -0.25) is 4.79 Å². The quantitative estimate of drug-likeness (QED) is 0.481. The Balaban J connectivity index is 1.59. The third-order valence-electron chi connectivity index (χ3n) is 5.77. The minimum atomic E-state index is -4.56. The first-order chi connectivity index (χ1) is 15.8. The van der Waals surface area contributed by atoms with Crippen molar-refractivity contribution in [3.05, 3.63) is 62.2 Å².